The molecule has 1 heterocycles. The van der Waals surface area contributed by atoms with E-state index in [1.807, 2.05) is 0 Å². The molecule has 0 saturated heterocycles. The summed E-state index contributed by atoms with van der Waals surface area (Å²) in [5, 5.41) is 10.4. The van der Waals surface area contributed by atoms with E-state index in [1.54, 1.807) is 6.92 Å². The van der Waals surface area contributed by atoms with Crippen LogP contribution < -0.4 is 4.72 Å². The van der Waals surface area contributed by atoms with Crippen LogP contribution in [0.5, 0.6) is 0 Å². The number of sulfonamides is 1. The fraction of sp³-hybridized carbons (Fsp3) is 0.500. The molecule has 0 aromatic carbocycles. The lowest BCUT2D eigenvalue weighted by Gasteiger charge is -2.11. The van der Waals surface area contributed by atoms with Crippen LogP contribution in [0.25, 0.3) is 0 Å². The number of hydrogen-bond donors (Lipinski definition) is 2. The number of nitrogens with one attached hydrogen (secondary N) is 1. The van der Waals surface area contributed by atoms with Gasteiger partial charge in [0.15, 0.2) is 5.69 Å². The van der Waals surface area contributed by atoms with Crippen LogP contribution in [0.1, 0.15) is 34.9 Å². The topological polar surface area (TPSA) is 123 Å². The van der Waals surface area contributed by atoms with Crippen molar-refractivity contribution in [3.05, 3.63) is 16.1 Å². The van der Waals surface area contributed by atoms with Crippen LogP contribution in [0.15, 0.2) is 5.38 Å². The van der Waals surface area contributed by atoms with Crippen LogP contribution >= 0.6 is 11.3 Å². The summed E-state index contributed by atoms with van der Waals surface area (Å²) in [6.07, 6.45) is -0.253. The van der Waals surface area contributed by atoms with Gasteiger partial charge in [-0.25, -0.2) is 22.9 Å². The quantitative estimate of drug-likeness (QED) is 0.696. The molecule has 1 aromatic heterocycles. The first-order chi connectivity index (χ1) is 9.25. The summed E-state index contributed by atoms with van der Waals surface area (Å²) in [5.74, 6) is -2.19. The third-order valence-electron chi connectivity index (χ3n) is 2.27. The molecule has 0 saturated carbocycles. The molecule has 1 rings (SSSR count). The van der Waals surface area contributed by atoms with Crippen molar-refractivity contribution in [2.75, 3.05) is 12.9 Å². The number of hydrogen-bond acceptors (Lipinski definition) is 7. The average molecular weight is 322 g/mol. The van der Waals surface area contributed by atoms with Gasteiger partial charge in [-0.15, -0.1) is 11.3 Å². The van der Waals surface area contributed by atoms with Gasteiger partial charge in [-0.2, -0.15) is 0 Å². The Hall–Kier alpha value is -1.52. The first-order valence-electron chi connectivity index (χ1n) is 5.50. The number of carboxylic acid groups (broad SMARTS) is 1. The predicted octanol–water partition coefficient (Wildman–Crippen LogP) is 0.385. The predicted molar refractivity (Wildman–Crippen MR) is 71.0 cm³/mol. The molecular weight excluding hydrogens is 308 g/mol. The Morgan fingerprint density at radius 1 is 1.55 bits per heavy atom. The van der Waals surface area contributed by atoms with Crippen LogP contribution in [0.2, 0.25) is 0 Å². The van der Waals surface area contributed by atoms with Gasteiger partial charge in [0, 0.05) is 5.38 Å². The molecule has 112 valence electrons. The van der Waals surface area contributed by atoms with Gasteiger partial charge < -0.3 is 9.84 Å². The smallest absolute Gasteiger partial charge is 0.355 e. The zero-order chi connectivity index (χ0) is 15.3. The van der Waals surface area contributed by atoms with E-state index in [9.17, 15) is 18.0 Å². The Kier molecular flexibility index (Phi) is 5.60. The molecule has 0 amide bonds. The standard InChI is InChI=1S/C10H14N2O6S2/c1-6(9-11-7(5-19-9)10(14)15)12-20(16,17)4-3-8(13)18-2/h5-6,12H,3-4H2,1-2H3,(H,14,15). The molecule has 1 atom stereocenters. The molecule has 2 N–H and O–H groups in total. The summed E-state index contributed by atoms with van der Waals surface area (Å²) >= 11 is 1.05. The van der Waals surface area contributed by atoms with Gasteiger partial charge >= 0.3 is 11.9 Å². The molecule has 0 aliphatic heterocycles. The van der Waals surface area contributed by atoms with Crippen molar-refractivity contribution in [3.8, 4) is 0 Å². The Morgan fingerprint density at radius 3 is 2.70 bits per heavy atom. The molecule has 1 aromatic rings. The summed E-state index contributed by atoms with van der Waals surface area (Å²) in [7, 11) is -2.50. The number of methoxy groups -OCH3 is 1. The maximum Gasteiger partial charge on any atom is 0.355 e. The lowest BCUT2D eigenvalue weighted by molar-refractivity contribution is -0.140. The summed E-state index contributed by atoms with van der Waals surface area (Å²) in [4.78, 5) is 25.4. The van der Waals surface area contributed by atoms with E-state index >= 15 is 0 Å². The Balaban J connectivity index is 2.66. The molecular formula is C10H14N2O6S2. The maximum absolute atomic E-state index is 11.7. The number of aromatic carboxylic acids is 1. The average Bonchev–Trinajstić information content (AvgIpc) is 2.85. The second kappa shape index (κ2) is 6.77. The summed E-state index contributed by atoms with van der Waals surface area (Å²) in [6.45, 7) is 1.54. The highest BCUT2D eigenvalue weighted by atomic mass is 32.2. The monoisotopic (exact) mass is 322 g/mol. The van der Waals surface area contributed by atoms with Crippen molar-refractivity contribution in [1.29, 1.82) is 0 Å². The van der Waals surface area contributed by atoms with Crippen molar-refractivity contribution in [3.63, 3.8) is 0 Å². The molecule has 8 nitrogen and oxygen atoms in total. The molecule has 0 fully saturated rings. The van der Waals surface area contributed by atoms with Crippen molar-refractivity contribution >= 4 is 33.3 Å². The third-order valence-corrected chi connectivity index (χ3v) is 4.75. The highest BCUT2D eigenvalue weighted by Crippen LogP contribution is 2.18. The van der Waals surface area contributed by atoms with E-state index in [0.29, 0.717) is 5.01 Å². The van der Waals surface area contributed by atoms with Gasteiger partial charge in [0.1, 0.15) is 5.01 Å². The Bertz CT molecular complexity index is 595. The van der Waals surface area contributed by atoms with Crippen molar-refractivity contribution < 1.29 is 27.9 Å². The maximum atomic E-state index is 11.7. The zero-order valence-electron chi connectivity index (χ0n) is 10.8. The van der Waals surface area contributed by atoms with Gasteiger partial charge in [0.2, 0.25) is 10.0 Å². The van der Waals surface area contributed by atoms with E-state index < -0.39 is 33.8 Å². The van der Waals surface area contributed by atoms with Crippen molar-refractivity contribution in [1.82, 2.24) is 9.71 Å². The first-order valence-corrected chi connectivity index (χ1v) is 8.04. The van der Waals surface area contributed by atoms with Crippen LogP contribution in [0, 0.1) is 0 Å². The van der Waals surface area contributed by atoms with E-state index in [1.165, 1.54) is 12.5 Å². The van der Waals surface area contributed by atoms with Crippen LogP contribution in [0.4, 0.5) is 0 Å². The number of nitrogens with zero attached hydrogens (tertiary/aromatic N) is 1. The van der Waals surface area contributed by atoms with Crippen LogP contribution in [-0.4, -0.2) is 43.3 Å². The van der Waals surface area contributed by atoms with Crippen LogP contribution in [-0.2, 0) is 19.6 Å². The van der Waals surface area contributed by atoms with Gasteiger partial charge in [0.05, 0.1) is 25.3 Å². The number of thiazole rings is 1. The van der Waals surface area contributed by atoms with Gasteiger partial charge in [-0.05, 0) is 6.92 Å². The number of aromatic nitrogens is 1. The Morgan fingerprint density at radius 2 is 2.20 bits per heavy atom. The van der Waals surface area contributed by atoms with E-state index in [2.05, 4.69) is 14.4 Å². The lowest BCUT2D eigenvalue weighted by Crippen LogP contribution is -2.30. The second-order valence-electron chi connectivity index (χ2n) is 3.86. The molecule has 1 unspecified atom stereocenters. The van der Waals surface area contributed by atoms with Crippen LogP contribution in [0.3, 0.4) is 0 Å². The minimum atomic E-state index is -3.68. The lowest BCUT2D eigenvalue weighted by atomic mass is 10.4. The number of esters is 1. The molecule has 10 heteroatoms. The summed E-state index contributed by atoms with van der Waals surface area (Å²) < 4.78 is 30.1. The van der Waals surface area contributed by atoms with Gasteiger partial charge in [-0.3, -0.25) is 4.79 Å². The molecule has 0 aliphatic carbocycles. The number of carbonyl (C=O) groups is 2. The van der Waals surface area contributed by atoms with E-state index in [-0.39, 0.29) is 12.1 Å². The van der Waals surface area contributed by atoms with Crippen molar-refractivity contribution in [2.24, 2.45) is 0 Å². The minimum absolute atomic E-state index is 0.134. The minimum Gasteiger partial charge on any atom is -0.476 e. The normalized spacial score (nSPS) is 12.9. The number of carbonyl (C=O) groups excluding carboxylic acids is 1. The second-order valence-corrected chi connectivity index (χ2v) is 6.62. The van der Waals surface area contributed by atoms with Crippen molar-refractivity contribution in [2.45, 2.75) is 19.4 Å². The van der Waals surface area contributed by atoms with Gasteiger partial charge in [0.25, 0.3) is 0 Å². The third kappa shape index (κ3) is 4.87. The molecule has 0 bridgehead atoms. The SMILES string of the molecule is COC(=O)CCS(=O)(=O)NC(C)c1nc(C(=O)O)cs1. The van der Waals surface area contributed by atoms with Gasteiger partial charge in [-0.1, -0.05) is 0 Å². The molecule has 0 radical (unpaired) electrons. The highest BCUT2D eigenvalue weighted by Gasteiger charge is 2.20. The zero-order valence-corrected chi connectivity index (χ0v) is 12.5. The largest absolute Gasteiger partial charge is 0.476 e. The summed E-state index contributed by atoms with van der Waals surface area (Å²) in [5.41, 5.74) is -0.134. The number of carboxylic acids is 1. The molecule has 0 aliphatic rings. The fourth-order valence-corrected chi connectivity index (χ4v) is 3.36. The fourth-order valence-electron chi connectivity index (χ4n) is 1.28. The number of ether oxygens (including phenoxy) is 1. The summed E-state index contributed by atoms with van der Waals surface area (Å²) in [6, 6.07) is -0.671. The van der Waals surface area contributed by atoms with E-state index in [4.69, 9.17) is 5.11 Å². The molecule has 0 spiro atoms. The first kappa shape index (κ1) is 16.5. The Labute approximate surface area is 119 Å². The highest BCUT2D eigenvalue weighted by molar-refractivity contribution is 7.89. The number of rotatable bonds is 7. The van der Waals surface area contributed by atoms with E-state index in [0.717, 1.165) is 11.3 Å². The molecule has 20 heavy (non-hydrogen) atoms.